The topological polar surface area (TPSA) is 40.5 Å². The van der Waals surface area contributed by atoms with Gasteiger partial charge < -0.3 is 10.0 Å². The average Bonchev–Trinajstić information content (AvgIpc) is 3.06. The second-order valence-electron chi connectivity index (χ2n) is 6.54. The van der Waals surface area contributed by atoms with Crippen LogP contribution in [-0.4, -0.2) is 35.6 Å². The van der Waals surface area contributed by atoms with Gasteiger partial charge in [0.25, 0.3) is 5.91 Å². The van der Waals surface area contributed by atoms with Crippen LogP contribution in [-0.2, 0) is 12.8 Å². The largest absolute Gasteiger partial charge is 0.396 e. The van der Waals surface area contributed by atoms with Gasteiger partial charge in [0.2, 0.25) is 0 Å². The van der Waals surface area contributed by atoms with Crippen LogP contribution in [0.4, 0.5) is 0 Å². The molecule has 1 aliphatic carbocycles. The van der Waals surface area contributed by atoms with E-state index in [1.54, 1.807) is 11.3 Å². The minimum absolute atomic E-state index is 0.165. The summed E-state index contributed by atoms with van der Waals surface area (Å²) in [7, 11) is 0. The van der Waals surface area contributed by atoms with Gasteiger partial charge in [-0.05, 0) is 54.4 Å². The van der Waals surface area contributed by atoms with E-state index in [4.69, 9.17) is 0 Å². The van der Waals surface area contributed by atoms with Gasteiger partial charge in [-0.3, -0.25) is 4.79 Å². The molecule has 1 fully saturated rings. The van der Waals surface area contributed by atoms with Crippen molar-refractivity contribution in [2.24, 2.45) is 5.92 Å². The van der Waals surface area contributed by atoms with Crippen LogP contribution in [0.2, 0.25) is 0 Å². The average molecular weight is 327 g/mol. The Balaban J connectivity index is 1.58. The Bertz CT molecular complexity index is 729. The van der Waals surface area contributed by atoms with Crippen molar-refractivity contribution in [3.63, 3.8) is 0 Å². The number of fused-ring (bicyclic) bond motifs is 3. The smallest absolute Gasteiger partial charge is 0.263 e. The van der Waals surface area contributed by atoms with Crippen molar-refractivity contribution < 1.29 is 9.90 Å². The summed E-state index contributed by atoms with van der Waals surface area (Å²) < 4.78 is 0. The molecule has 1 N–H and O–H groups in total. The van der Waals surface area contributed by atoms with Crippen LogP contribution < -0.4 is 0 Å². The molecule has 2 aliphatic rings. The van der Waals surface area contributed by atoms with E-state index >= 15 is 0 Å². The molecule has 0 bridgehead atoms. The molecular weight excluding hydrogens is 306 g/mol. The maximum atomic E-state index is 12.8. The molecule has 0 radical (unpaired) electrons. The number of hydrogen-bond donors (Lipinski definition) is 1. The molecule has 2 aromatic rings. The summed E-state index contributed by atoms with van der Waals surface area (Å²) in [5.74, 6) is 0.528. The summed E-state index contributed by atoms with van der Waals surface area (Å²) >= 11 is 1.65. The Morgan fingerprint density at radius 3 is 2.70 bits per heavy atom. The second kappa shape index (κ2) is 6.10. The van der Waals surface area contributed by atoms with Crippen molar-refractivity contribution in [3.05, 3.63) is 46.3 Å². The van der Waals surface area contributed by atoms with E-state index < -0.39 is 0 Å². The monoisotopic (exact) mass is 327 g/mol. The van der Waals surface area contributed by atoms with Crippen molar-refractivity contribution in [1.82, 2.24) is 4.90 Å². The van der Waals surface area contributed by atoms with Crippen molar-refractivity contribution in [2.75, 3.05) is 19.7 Å². The number of carbonyl (C=O) groups excluding carboxylic acids is 1. The minimum Gasteiger partial charge on any atom is -0.396 e. The van der Waals surface area contributed by atoms with Crippen LogP contribution in [0.15, 0.2) is 30.3 Å². The Morgan fingerprint density at radius 1 is 1.17 bits per heavy atom. The Hall–Kier alpha value is -1.65. The molecule has 0 saturated carbocycles. The maximum absolute atomic E-state index is 12.8. The molecule has 2 heterocycles. The predicted octanol–water partition coefficient (Wildman–Crippen LogP) is 3.36. The number of amides is 1. The Kier molecular flexibility index (Phi) is 3.95. The fourth-order valence-electron chi connectivity index (χ4n) is 3.65. The highest BCUT2D eigenvalue weighted by Crippen LogP contribution is 2.40. The van der Waals surface area contributed by atoms with E-state index in [0.29, 0.717) is 5.92 Å². The fraction of sp³-hybridized carbons (Fsp3) is 0.421. The number of nitrogens with zero attached hydrogens (tertiary/aromatic N) is 1. The third-order valence-corrected chi connectivity index (χ3v) is 6.30. The van der Waals surface area contributed by atoms with Crippen LogP contribution >= 0.6 is 11.3 Å². The van der Waals surface area contributed by atoms with E-state index in [1.807, 2.05) is 4.90 Å². The number of hydrogen-bond acceptors (Lipinski definition) is 3. The summed E-state index contributed by atoms with van der Waals surface area (Å²) in [5, 5.41) is 9.24. The number of aliphatic hydroxyl groups excluding tert-OH is 1. The van der Waals surface area contributed by atoms with E-state index in [2.05, 4.69) is 30.3 Å². The van der Waals surface area contributed by atoms with Gasteiger partial charge in [-0.1, -0.05) is 24.3 Å². The zero-order valence-corrected chi connectivity index (χ0v) is 13.9. The molecule has 1 aliphatic heterocycles. The van der Waals surface area contributed by atoms with Crippen molar-refractivity contribution in [3.8, 4) is 10.4 Å². The summed E-state index contributed by atoms with van der Waals surface area (Å²) in [6.07, 6.45) is 3.92. The van der Waals surface area contributed by atoms with Crippen LogP contribution in [0.25, 0.3) is 10.4 Å². The number of carbonyl (C=O) groups is 1. The lowest BCUT2D eigenvalue weighted by Gasteiger charge is -2.30. The van der Waals surface area contributed by atoms with Gasteiger partial charge >= 0.3 is 0 Å². The second-order valence-corrected chi connectivity index (χ2v) is 7.59. The predicted molar refractivity (Wildman–Crippen MR) is 92.9 cm³/mol. The number of benzene rings is 1. The van der Waals surface area contributed by atoms with Gasteiger partial charge in [0.15, 0.2) is 0 Å². The van der Waals surface area contributed by atoms with Crippen molar-refractivity contribution in [1.29, 1.82) is 0 Å². The van der Waals surface area contributed by atoms with Gasteiger partial charge in [-0.2, -0.15) is 0 Å². The van der Waals surface area contributed by atoms with Gasteiger partial charge in [-0.15, -0.1) is 11.3 Å². The van der Waals surface area contributed by atoms with Gasteiger partial charge in [0.1, 0.15) is 0 Å². The molecule has 0 spiro atoms. The zero-order valence-electron chi connectivity index (χ0n) is 13.1. The van der Waals surface area contributed by atoms with Crippen LogP contribution in [0, 0.1) is 5.92 Å². The number of likely N-dealkylation sites (tertiary alicyclic amines) is 1. The Labute approximate surface area is 140 Å². The highest BCUT2D eigenvalue weighted by atomic mass is 32.1. The molecule has 0 unspecified atom stereocenters. The SMILES string of the molecule is O=C(c1cc2c(s1)-c1ccccc1CC2)N1CCC(CO)CC1. The fourth-order valence-corrected chi connectivity index (χ4v) is 4.89. The van der Waals surface area contributed by atoms with Crippen LogP contribution in [0.5, 0.6) is 0 Å². The quantitative estimate of drug-likeness (QED) is 0.919. The summed E-state index contributed by atoms with van der Waals surface area (Å²) in [4.78, 5) is 16.9. The molecule has 4 rings (SSSR count). The highest BCUT2D eigenvalue weighted by Gasteiger charge is 2.26. The summed E-state index contributed by atoms with van der Waals surface area (Å²) in [6.45, 7) is 1.78. The third-order valence-electron chi connectivity index (χ3n) is 5.11. The van der Waals surface area contributed by atoms with E-state index in [-0.39, 0.29) is 12.5 Å². The number of rotatable bonds is 2. The molecule has 0 atom stereocenters. The first kappa shape index (κ1) is 14.9. The zero-order chi connectivity index (χ0) is 15.8. The number of piperidine rings is 1. The lowest BCUT2D eigenvalue weighted by molar-refractivity contribution is 0.0655. The van der Waals surface area contributed by atoms with E-state index in [9.17, 15) is 9.90 Å². The lowest BCUT2D eigenvalue weighted by atomic mass is 9.91. The van der Waals surface area contributed by atoms with Crippen LogP contribution in [0.1, 0.15) is 33.6 Å². The van der Waals surface area contributed by atoms with E-state index in [1.165, 1.54) is 21.6 Å². The Morgan fingerprint density at radius 2 is 1.91 bits per heavy atom. The van der Waals surface area contributed by atoms with Gasteiger partial charge in [0, 0.05) is 24.6 Å². The molecular formula is C19H21NO2S. The van der Waals surface area contributed by atoms with E-state index in [0.717, 1.165) is 43.6 Å². The minimum atomic E-state index is 0.165. The van der Waals surface area contributed by atoms with Gasteiger partial charge in [0.05, 0.1) is 4.88 Å². The summed E-state index contributed by atoms with van der Waals surface area (Å²) in [5.41, 5.74) is 4.02. The molecule has 1 aromatic heterocycles. The van der Waals surface area contributed by atoms with Crippen molar-refractivity contribution in [2.45, 2.75) is 25.7 Å². The third kappa shape index (κ3) is 2.70. The van der Waals surface area contributed by atoms with Crippen LogP contribution in [0.3, 0.4) is 0 Å². The first-order chi connectivity index (χ1) is 11.3. The molecule has 3 nitrogen and oxygen atoms in total. The molecule has 23 heavy (non-hydrogen) atoms. The van der Waals surface area contributed by atoms with Gasteiger partial charge in [-0.25, -0.2) is 0 Å². The molecule has 1 amide bonds. The number of aryl methyl sites for hydroxylation is 2. The first-order valence-electron chi connectivity index (χ1n) is 8.37. The normalized spacial score (nSPS) is 17.7. The molecule has 120 valence electrons. The number of thiophene rings is 1. The summed E-state index contributed by atoms with van der Waals surface area (Å²) in [6, 6.07) is 10.6. The number of aliphatic hydroxyl groups is 1. The standard InChI is InChI=1S/C19H21NO2S/c21-12-13-7-9-20(10-8-13)19(22)17-11-15-6-5-14-3-1-2-4-16(14)18(15)23-17/h1-4,11,13,21H,5-10,12H2. The first-order valence-corrected chi connectivity index (χ1v) is 9.19. The molecule has 1 saturated heterocycles. The highest BCUT2D eigenvalue weighted by molar-refractivity contribution is 7.17. The molecule has 4 heteroatoms. The molecule has 1 aromatic carbocycles. The lowest BCUT2D eigenvalue weighted by Crippen LogP contribution is -2.38. The van der Waals surface area contributed by atoms with Crippen molar-refractivity contribution >= 4 is 17.2 Å². The maximum Gasteiger partial charge on any atom is 0.263 e.